The van der Waals surface area contributed by atoms with Crippen LogP contribution in [-0.2, 0) is 11.3 Å². The van der Waals surface area contributed by atoms with E-state index in [1.165, 1.54) is 0 Å². The fourth-order valence-corrected chi connectivity index (χ4v) is 1.84. The molecule has 2 aromatic carbocycles. The highest BCUT2D eigenvalue weighted by atomic mass is 16.5. The summed E-state index contributed by atoms with van der Waals surface area (Å²) in [5.74, 6) is 0.871. The molecule has 0 saturated heterocycles. The smallest absolute Gasteiger partial charge is 0.120 e. The van der Waals surface area contributed by atoms with Gasteiger partial charge in [-0.2, -0.15) is 0 Å². The Labute approximate surface area is 126 Å². The van der Waals surface area contributed by atoms with E-state index in [0.717, 1.165) is 16.9 Å². The third kappa shape index (κ3) is 5.57. The highest BCUT2D eigenvalue weighted by Crippen LogP contribution is 2.16. The van der Waals surface area contributed by atoms with Crippen molar-refractivity contribution < 1.29 is 9.47 Å². The van der Waals surface area contributed by atoms with Crippen LogP contribution in [0.5, 0.6) is 5.75 Å². The minimum Gasteiger partial charge on any atom is -0.497 e. The molecule has 21 heavy (non-hydrogen) atoms. The minimum absolute atomic E-state index is 0.569. The number of hydrogen-bond acceptors (Lipinski definition) is 2. The lowest BCUT2D eigenvalue weighted by Gasteiger charge is -2.06. The number of benzene rings is 2. The molecule has 0 unspecified atom stereocenters. The summed E-state index contributed by atoms with van der Waals surface area (Å²) in [6, 6.07) is 18.2. The predicted molar refractivity (Wildman–Crippen MR) is 87.0 cm³/mol. The molecule has 0 saturated carbocycles. The van der Waals surface area contributed by atoms with E-state index in [1.807, 2.05) is 67.6 Å². The Morgan fingerprint density at radius 3 is 2.67 bits per heavy atom. The molecular weight excluding hydrogens is 260 g/mol. The van der Waals surface area contributed by atoms with Crippen LogP contribution >= 0.6 is 0 Å². The maximum Gasteiger partial charge on any atom is 0.120 e. The zero-order valence-electron chi connectivity index (χ0n) is 12.2. The molecule has 2 heteroatoms. The summed E-state index contributed by atoms with van der Waals surface area (Å²) in [4.78, 5) is 0. The Hall–Kier alpha value is -2.48. The number of hydrogen-bond donors (Lipinski definition) is 0. The third-order valence-corrected chi connectivity index (χ3v) is 2.84. The van der Waals surface area contributed by atoms with E-state index in [9.17, 15) is 0 Å². The third-order valence-electron chi connectivity index (χ3n) is 2.84. The van der Waals surface area contributed by atoms with Gasteiger partial charge in [0.2, 0.25) is 0 Å². The summed E-state index contributed by atoms with van der Waals surface area (Å²) >= 11 is 0. The molecule has 2 rings (SSSR count). The highest BCUT2D eigenvalue weighted by molar-refractivity contribution is 5.51. The average molecular weight is 280 g/mol. The number of rotatable bonds is 7. The van der Waals surface area contributed by atoms with Crippen LogP contribution in [0.15, 0.2) is 73.0 Å². The van der Waals surface area contributed by atoms with Gasteiger partial charge >= 0.3 is 0 Å². The molecule has 0 amide bonds. The van der Waals surface area contributed by atoms with Crippen molar-refractivity contribution in [1.29, 1.82) is 0 Å². The lowest BCUT2D eigenvalue weighted by atomic mass is 10.2. The van der Waals surface area contributed by atoms with E-state index in [4.69, 9.17) is 9.47 Å². The molecule has 0 radical (unpaired) electrons. The Balaban J connectivity index is 1.88. The summed E-state index contributed by atoms with van der Waals surface area (Å²) < 4.78 is 11.0. The van der Waals surface area contributed by atoms with Crippen LogP contribution in [-0.4, -0.2) is 6.61 Å². The van der Waals surface area contributed by atoms with Gasteiger partial charge in [0.05, 0.1) is 6.26 Å². The topological polar surface area (TPSA) is 18.5 Å². The molecule has 2 aromatic rings. The molecule has 0 aliphatic carbocycles. The monoisotopic (exact) mass is 280 g/mol. The first-order valence-corrected chi connectivity index (χ1v) is 7.04. The van der Waals surface area contributed by atoms with Crippen molar-refractivity contribution in [3.63, 3.8) is 0 Å². The van der Waals surface area contributed by atoms with Gasteiger partial charge < -0.3 is 9.47 Å². The molecule has 0 bridgehead atoms. The molecule has 0 aliphatic rings. The van der Waals surface area contributed by atoms with Crippen molar-refractivity contribution in [3.05, 3.63) is 84.1 Å². The van der Waals surface area contributed by atoms with E-state index in [-0.39, 0.29) is 0 Å². The van der Waals surface area contributed by atoms with Crippen LogP contribution in [0.4, 0.5) is 0 Å². The fraction of sp³-hybridized carbons (Fsp3) is 0.158. The average Bonchev–Trinajstić information content (AvgIpc) is 2.54. The van der Waals surface area contributed by atoms with E-state index >= 15 is 0 Å². The number of ether oxygens (including phenoxy) is 2. The summed E-state index contributed by atoms with van der Waals surface area (Å²) in [6.45, 7) is 3.08. The van der Waals surface area contributed by atoms with Crippen LogP contribution < -0.4 is 4.74 Å². The quantitative estimate of drug-likeness (QED) is 0.534. The van der Waals surface area contributed by atoms with E-state index in [2.05, 4.69) is 12.1 Å². The second-order valence-corrected chi connectivity index (χ2v) is 4.55. The maximum absolute atomic E-state index is 5.80. The first-order valence-electron chi connectivity index (χ1n) is 7.04. The van der Waals surface area contributed by atoms with Gasteiger partial charge in [-0.05, 0) is 36.3 Å². The van der Waals surface area contributed by atoms with Gasteiger partial charge in [0, 0.05) is 0 Å². The van der Waals surface area contributed by atoms with Crippen LogP contribution in [0.3, 0.4) is 0 Å². The molecular formula is C19H20O2. The van der Waals surface area contributed by atoms with Crippen molar-refractivity contribution >= 4 is 6.08 Å². The summed E-state index contributed by atoms with van der Waals surface area (Å²) in [5, 5.41) is 0. The zero-order valence-corrected chi connectivity index (χ0v) is 12.2. The van der Waals surface area contributed by atoms with Gasteiger partial charge in [-0.15, -0.1) is 0 Å². The van der Waals surface area contributed by atoms with Gasteiger partial charge in [0.25, 0.3) is 0 Å². The van der Waals surface area contributed by atoms with Gasteiger partial charge in [-0.25, -0.2) is 0 Å². The van der Waals surface area contributed by atoms with Crippen LogP contribution in [0, 0.1) is 0 Å². The normalized spacial score (nSPS) is 11.1. The van der Waals surface area contributed by atoms with Crippen molar-refractivity contribution in [2.75, 3.05) is 6.61 Å². The molecule has 0 aliphatic heterocycles. The van der Waals surface area contributed by atoms with Gasteiger partial charge in [-0.3, -0.25) is 0 Å². The fourth-order valence-electron chi connectivity index (χ4n) is 1.84. The van der Waals surface area contributed by atoms with Crippen molar-refractivity contribution in [2.45, 2.75) is 13.5 Å². The summed E-state index contributed by atoms with van der Waals surface area (Å²) in [6.07, 6.45) is 7.56. The van der Waals surface area contributed by atoms with E-state index < -0.39 is 0 Å². The van der Waals surface area contributed by atoms with Gasteiger partial charge in [0.1, 0.15) is 19.0 Å². The molecule has 0 heterocycles. The Kier molecular flexibility index (Phi) is 6.14. The minimum atomic E-state index is 0.569. The van der Waals surface area contributed by atoms with Gasteiger partial charge in [-0.1, -0.05) is 54.6 Å². The second kappa shape index (κ2) is 8.64. The first-order chi connectivity index (χ1) is 10.4. The SMILES string of the molecule is CC=COCC=Cc1cccc(OCc2ccccc2)c1. The Morgan fingerprint density at radius 2 is 1.86 bits per heavy atom. The summed E-state index contributed by atoms with van der Waals surface area (Å²) in [5.41, 5.74) is 2.27. The highest BCUT2D eigenvalue weighted by Gasteiger charge is 1.96. The lowest BCUT2D eigenvalue weighted by Crippen LogP contribution is -1.94. The van der Waals surface area contributed by atoms with Crippen molar-refractivity contribution in [3.8, 4) is 5.75 Å². The Bertz CT molecular complexity index is 586. The lowest BCUT2D eigenvalue weighted by molar-refractivity contribution is 0.290. The molecule has 0 spiro atoms. The van der Waals surface area contributed by atoms with Crippen LogP contribution in [0.2, 0.25) is 0 Å². The van der Waals surface area contributed by atoms with E-state index in [1.54, 1.807) is 6.26 Å². The number of allylic oxidation sites excluding steroid dienone is 1. The Morgan fingerprint density at radius 1 is 1.00 bits per heavy atom. The zero-order chi connectivity index (χ0) is 14.8. The molecule has 0 fully saturated rings. The molecule has 0 atom stereocenters. The predicted octanol–water partition coefficient (Wildman–Crippen LogP) is 4.83. The molecule has 0 N–H and O–H groups in total. The molecule has 108 valence electrons. The molecule has 2 nitrogen and oxygen atoms in total. The van der Waals surface area contributed by atoms with Crippen LogP contribution in [0.1, 0.15) is 18.1 Å². The maximum atomic E-state index is 5.80. The van der Waals surface area contributed by atoms with E-state index in [0.29, 0.717) is 13.2 Å². The second-order valence-electron chi connectivity index (χ2n) is 4.55. The van der Waals surface area contributed by atoms with Crippen molar-refractivity contribution in [2.24, 2.45) is 0 Å². The molecule has 0 aromatic heterocycles. The standard InChI is InChI=1S/C19H20O2/c1-2-13-20-14-7-11-17-10-6-12-19(15-17)21-16-18-8-4-3-5-9-18/h2-13,15H,14,16H2,1H3. The summed E-state index contributed by atoms with van der Waals surface area (Å²) in [7, 11) is 0. The van der Waals surface area contributed by atoms with Gasteiger partial charge in [0.15, 0.2) is 0 Å². The van der Waals surface area contributed by atoms with Crippen molar-refractivity contribution in [1.82, 2.24) is 0 Å². The first kappa shape index (κ1) is 14.9. The van der Waals surface area contributed by atoms with Crippen LogP contribution in [0.25, 0.3) is 6.08 Å². The largest absolute Gasteiger partial charge is 0.497 e.